The highest BCUT2D eigenvalue weighted by Crippen LogP contribution is 2.38. The summed E-state index contributed by atoms with van der Waals surface area (Å²) in [6.45, 7) is 0.248. The van der Waals surface area contributed by atoms with Crippen molar-refractivity contribution in [1.29, 1.82) is 0 Å². The van der Waals surface area contributed by atoms with E-state index in [9.17, 15) is 19.2 Å². The minimum atomic E-state index is -1.19. The van der Waals surface area contributed by atoms with Gasteiger partial charge in [-0.25, -0.2) is 4.79 Å². The molecule has 0 N–H and O–H groups in total. The molecule has 2 aromatic heterocycles. The summed E-state index contributed by atoms with van der Waals surface area (Å²) in [5, 5.41) is 0. The Labute approximate surface area is 190 Å². The summed E-state index contributed by atoms with van der Waals surface area (Å²) in [7, 11) is 1.29. The molecule has 8 heteroatoms. The van der Waals surface area contributed by atoms with Crippen LogP contribution in [0.15, 0.2) is 73.3 Å². The van der Waals surface area contributed by atoms with Crippen LogP contribution in [0.1, 0.15) is 37.9 Å². The van der Waals surface area contributed by atoms with Crippen LogP contribution < -0.4 is 0 Å². The molecule has 166 valence electrons. The zero-order chi connectivity index (χ0) is 23.4. The van der Waals surface area contributed by atoms with E-state index in [1.165, 1.54) is 36.5 Å². The Morgan fingerprint density at radius 3 is 2.09 bits per heavy atom. The summed E-state index contributed by atoms with van der Waals surface area (Å²) in [5.41, 5.74) is 2.18. The number of ether oxygens (including phenoxy) is 1. The van der Waals surface area contributed by atoms with Crippen LogP contribution in [0.4, 0.5) is 0 Å². The monoisotopic (exact) mass is 443 g/mol. The van der Waals surface area contributed by atoms with Gasteiger partial charge in [-0.05, 0) is 53.9 Å². The van der Waals surface area contributed by atoms with Crippen LogP contribution in [0.5, 0.6) is 0 Å². The second kappa shape index (κ2) is 9.52. The lowest BCUT2D eigenvalue weighted by molar-refractivity contribution is -0.140. The van der Waals surface area contributed by atoms with E-state index in [1.807, 2.05) is 12.1 Å². The number of benzene rings is 1. The fourth-order valence-electron chi connectivity index (χ4n) is 4.03. The van der Waals surface area contributed by atoms with Gasteiger partial charge < -0.3 is 9.64 Å². The van der Waals surface area contributed by atoms with Gasteiger partial charge in [-0.2, -0.15) is 0 Å². The van der Waals surface area contributed by atoms with E-state index < -0.39 is 35.4 Å². The summed E-state index contributed by atoms with van der Waals surface area (Å²) >= 11 is 0. The smallest absolute Gasteiger partial charge is 0.337 e. The number of carbonyl (C=O) groups excluding carboxylic acids is 4. The number of methoxy groups -OCH3 is 1. The molecule has 3 aromatic rings. The van der Waals surface area contributed by atoms with Crippen molar-refractivity contribution in [1.82, 2.24) is 14.9 Å². The van der Waals surface area contributed by atoms with Gasteiger partial charge in [0.2, 0.25) is 5.78 Å². The summed E-state index contributed by atoms with van der Waals surface area (Å²) < 4.78 is 4.74. The average Bonchev–Trinajstić information content (AvgIpc) is 3.12. The molecular weight excluding hydrogens is 422 g/mol. The van der Waals surface area contributed by atoms with Gasteiger partial charge in [0, 0.05) is 36.9 Å². The predicted molar refractivity (Wildman–Crippen MR) is 117 cm³/mol. The van der Waals surface area contributed by atoms with Crippen molar-refractivity contribution >= 4 is 23.4 Å². The number of Topliss-reactive ketones (excluding diaryl/α,β-unsaturated/α-hetero) is 2. The van der Waals surface area contributed by atoms with Crippen molar-refractivity contribution in [2.75, 3.05) is 13.7 Å². The minimum absolute atomic E-state index is 0.248. The van der Waals surface area contributed by atoms with Gasteiger partial charge >= 0.3 is 5.97 Å². The number of ketones is 2. The zero-order valence-corrected chi connectivity index (χ0v) is 17.9. The maximum atomic E-state index is 13.3. The van der Waals surface area contributed by atoms with E-state index in [1.54, 1.807) is 36.7 Å². The Hall–Kier alpha value is -4.20. The summed E-state index contributed by atoms with van der Waals surface area (Å²) in [5.74, 6) is -3.57. The van der Waals surface area contributed by atoms with Gasteiger partial charge in [0.05, 0.1) is 18.7 Å². The zero-order valence-electron chi connectivity index (χ0n) is 17.9. The van der Waals surface area contributed by atoms with Crippen LogP contribution in [0.25, 0.3) is 0 Å². The molecule has 0 saturated carbocycles. The third-order valence-corrected chi connectivity index (χ3v) is 5.72. The Morgan fingerprint density at radius 2 is 1.48 bits per heavy atom. The molecule has 0 bridgehead atoms. The fraction of sp³-hybridized carbons (Fsp3) is 0.200. The van der Waals surface area contributed by atoms with E-state index >= 15 is 0 Å². The van der Waals surface area contributed by atoms with E-state index in [-0.39, 0.29) is 6.54 Å². The SMILES string of the molecule is COC(=O)c1ccc(C2C(C(=O)c3ccncc3)C(=O)C(=O)N2CCc2ccncc2)cc1. The molecule has 8 nitrogen and oxygen atoms in total. The van der Waals surface area contributed by atoms with Crippen LogP contribution in [0.2, 0.25) is 0 Å². The lowest BCUT2D eigenvalue weighted by Gasteiger charge is -2.27. The molecule has 1 fully saturated rings. The van der Waals surface area contributed by atoms with Crippen LogP contribution in [-0.4, -0.2) is 52.0 Å². The lowest BCUT2D eigenvalue weighted by Crippen LogP contribution is -2.32. The standard InChI is InChI=1S/C25H21N3O5/c1-33-25(32)19-4-2-17(3-5-19)21-20(22(29)18-8-13-27-14-9-18)23(30)24(31)28(21)15-10-16-6-11-26-12-7-16/h2-9,11-14,20-21H,10,15H2,1H3. The number of amides is 1. The predicted octanol–water partition coefficient (Wildman–Crippen LogP) is 2.46. The Kier molecular flexibility index (Phi) is 6.35. The Balaban J connectivity index is 1.71. The van der Waals surface area contributed by atoms with E-state index in [0.717, 1.165) is 5.56 Å². The summed E-state index contributed by atoms with van der Waals surface area (Å²) in [6, 6.07) is 12.3. The lowest BCUT2D eigenvalue weighted by atomic mass is 9.86. The molecule has 1 saturated heterocycles. The van der Waals surface area contributed by atoms with Gasteiger partial charge in [0.25, 0.3) is 5.91 Å². The van der Waals surface area contributed by atoms with Crippen molar-refractivity contribution < 1.29 is 23.9 Å². The second-order valence-electron chi connectivity index (χ2n) is 7.60. The van der Waals surface area contributed by atoms with Crippen molar-refractivity contribution in [3.05, 3.63) is 95.6 Å². The van der Waals surface area contributed by atoms with Gasteiger partial charge in [0.15, 0.2) is 5.78 Å². The molecule has 0 radical (unpaired) electrons. The molecule has 1 amide bonds. The van der Waals surface area contributed by atoms with Gasteiger partial charge in [-0.15, -0.1) is 0 Å². The molecule has 33 heavy (non-hydrogen) atoms. The topological polar surface area (TPSA) is 107 Å². The summed E-state index contributed by atoms with van der Waals surface area (Å²) in [6.07, 6.45) is 6.75. The van der Waals surface area contributed by atoms with Crippen molar-refractivity contribution in [2.45, 2.75) is 12.5 Å². The van der Waals surface area contributed by atoms with Crippen LogP contribution >= 0.6 is 0 Å². The first-order chi connectivity index (χ1) is 16.0. The van der Waals surface area contributed by atoms with Crippen molar-refractivity contribution in [3.8, 4) is 0 Å². The fourth-order valence-corrected chi connectivity index (χ4v) is 4.03. The molecule has 3 heterocycles. The highest BCUT2D eigenvalue weighted by atomic mass is 16.5. The number of nitrogens with zero attached hydrogens (tertiary/aromatic N) is 3. The first-order valence-electron chi connectivity index (χ1n) is 10.4. The van der Waals surface area contributed by atoms with Crippen LogP contribution in [-0.2, 0) is 20.7 Å². The molecular formula is C25H21N3O5. The number of rotatable bonds is 7. The molecule has 4 rings (SSSR count). The number of pyridine rings is 2. The van der Waals surface area contributed by atoms with E-state index in [2.05, 4.69) is 9.97 Å². The van der Waals surface area contributed by atoms with Gasteiger partial charge in [-0.3, -0.25) is 24.4 Å². The first-order valence-corrected chi connectivity index (χ1v) is 10.4. The number of aromatic nitrogens is 2. The molecule has 0 aliphatic carbocycles. The molecule has 1 aromatic carbocycles. The molecule has 2 unspecified atom stereocenters. The third-order valence-electron chi connectivity index (χ3n) is 5.72. The first kappa shape index (κ1) is 22.0. The maximum absolute atomic E-state index is 13.3. The molecule has 2 atom stereocenters. The number of hydrogen-bond acceptors (Lipinski definition) is 7. The van der Waals surface area contributed by atoms with E-state index in [0.29, 0.717) is 23.1 Å². The summed E-state index contributed by atoms with van der Waals surface area (Å²) in [4.78, 5) is 60.5. The van der Waals surface area contributed by atoms with E-state index in [4.69, 9.17) is 4.74 Å². The van der Waals surface area contributed by atoms with Crippen molar-refractivity contribution in [2.24, 2.45) is 5.92 Å². The highest BCUT2D eigenvalue weighted by Gasteiger charge is 2.51. The number of carbonyl (C=O) groups is 4. The highest BCUT2D eigenvalue weighted by molar-refractivity contribution is 6.44. The maximum Gasteiger partial charge on any atom is 0.337 e. The largest absolute Gasteiger partial charge is 0.465 e. The van der Waals surface area contributed by atoms with Gasteiger partial charge in [-0.1, -0.05) is 12.1 Å². The quantitative estimate of drug-likeness (QED) is 0.239. The van der Waals surface area contributed by atoms with Gasteiger partial charge in [0.1, 0.15) is 5.92 Å². The molecule has 0 spiro atoms. The second-order valence-corrected chi connectivity index (χ2v) is 7.60. The average molecular weight is 443 g/mol. The van der Waals surface area contributed by atoms with Crippen LogP contribution in [0.3, 0.4) is 0 Å². The number of likely N-dealkylation sites (tertiary alicyclic amines) is 1. The molecule has 1 aliphatic rings. The molecule has 1 aliphatic heterocycles. The third kappa shape index (κ3) is 4.41. The number of hydrogen-bond donors (Lipinski definition) is 0. The van der Waals surface area contributed by atoms with Crippen LogP contribution in [0, 0.1) is 5.92 Å². The minimum Gasteiger partial charge on any atom is -0.465 e. The Morgan fingerprint density at radius 1 is 0.879 bits per heavy atom. The number of esters is 1. The normalized spacial score (nSPS) is 17.8. The Bertz CT molecular complexity index is 1180. The van der Waals surface area contributed by atoms with Crippen molar-refractivity contribution in [3.63, 3.8) is 0 Å².